The smallest absolute Gasteiger partial charge is 0.252 e. The highest BCUT2D eigenvalue weighted by atomic mass is 35.5. The molecule has 0 aliphatic carbocycles. The van der Waals surface area contributed by atoms with Gasteiger partial charge in [-0.3, -0.25) is 4.79 Å². The number of carbonyl (C=O) groups is 1. The van der Waals surface area contributed by atoms with Crippen LogP contribution in [0, 0.1) is 0 Å². The molecule has 0 spiro atoms. The monoisotopic (exact) mass is 337 g/mol. The summed E-state index contributed by atoms with van der Waals surface area (Å²) in [4.78, 5) is 13.4. The molecule has 1 N–H and O–H groups in total. The lowest BCUT2D eigenvalue weighted by atomic mass is 10.3. The minimum Gasteiger partial charge on any atom is -0.339 e. The number of nitrogens with one attached hydrogen (secondary N) is 1. The fourth-order valence-corrected chi connectivity index (χ4v) is 5.06. The zero-order valence-electron chi connectivity index (χ0n) is 11.0. The minimum atomic E-state index is -3.49. The van der Waals surface area contributed by atoms with E-state index in [0.717, 1.165) is 11.3 Å². The topological polar surface area (TPSA) is 69.7 Å². The van der Waals surface area contributed by atoms with Crippen LogP contribution in [0.2, 0.25) is 4.34 Å². The Morgan fingerprint density at radius 1 is 1.35 bits per heavy atom. The summed E-state index contributed by atoms with van der Waals surface area (Å²) in [6.45, 7) is 1.73. The fourth-order valence-electron chi connectivity index (χ4n) is 2.00. The summed E-state index contributed by atoms with van der Waals surface area (Å²) < 4.78 is 26.8. The Bertz CT molecular complexity index is 579. The first kappa shape index (κ1) is 15.7. The quantitative estimate of drug-likeness (QED) is 0.866. The normalized spacial score (nSPS) is 17.4. The standard InChI is InChI=1S/C11H16ClN3O3S2/c1-13-8-10(16)14-4-6-15(7-5-14)20(17,18)11-3-2-9(12)19-11/h2-3,13H,4-8H2,1H3. The van der Waals surface area contributed by atoms with Crippen molar-refractivity contribution >= 4 is 38.9 Å². The summed E-state index contributed by atoms with van der Waals surface area (Å²) in [5, 5.41) is 2.80. The number of likely N-dealkylation sites (N-methyl/N-ethyl adjacent to an activating group) is 1. The number of hydrogen-bond acceptors (Lipinski definition) is 5. The number of rotatable bonds is 4. The zero-order chi connectivity index (χ0) is 14.8. The molecule has 112 valence electrons. The summed E-state index contributed by atoms with van der Waals surface area (Å²) in [6, 6.07) is 3.09. The highest BCUT2D eigenvalue weighted by Gasteiger charge is 2.30. The minimum absolute atomic E-state index is 0.0104. The van der Waals surface area contributed by atoms with E-state index < -0.39 is 10.0 Å². The van der Waals surface area contributed by atoms with Crippen LogP contribution in [0.25, 0.3) is 0 Å². The number of carbonyl (C=O) groups excluding carboxylic acids is 1. The summed E-state index contributed by atoms with van der Waals surface area (Å²) >= 11 is 6.83. The molecule has 2 heterocycles. The summed E-state index contributed by atoms with van der Waals surface area (Å²) in [7, 11) is -1.78. The van der Waals surface area contributed by atoms with Crippen molar-refractivity contribution in [3.05, 3.63) is 16.5 Å². The number of sulfonamides is 1. The van der Waals surface area contributed by atoms with Crippen LogP contribution >= 0.6 is 22.9 Å². The molecule has 0 radical (unpaired) electrons. The highest BCUT2D eigenvalue weighted by molar-refractivity contribution is 7.91. The number of amides is 1. The van der Waals surface area contributed by atoms with Crippen LogP contribution in [-0.4, -0.2) is 63.3 Å². The van der Waals surface area contributed by atoms with Crippen molar-refractivity contribution < 1.29 is 13.2 Å². The van der Waals surface area contributed by atoms with Gasteiger partial charge in [0.2, 0.25) is 5.91 Å². The SMILES string of the molecule is CNCC(=O)N1CCN(S(=O)(=O)c2ccc(Cl)s2)CC1. The molecule has 0 bridgehead atoms. The molecule has 1 aromatic heterocycles. The number of piperazine rings is 1. The summed E-state index contributed by atoms with van der Waals surface area (Å²) in [5.41, 5.74) is 0. The summed E-state index contributed by atoms with van der Waals surface area (Å²) in [6.07, 6.45) is 0. The van der Waals surface area contributed by atoms with Gasteiger partial charge in [0.15, 0.2) is 0 Å². The number of thiophene rings is 1. The van der Waals surface area contributed by atoms with E-state index >= 15 is 0 Å². The van der Waals surface area contributed by atoms with Crippen LogP contribution in [0.15, 0.2) is 16.3 Å². The van der Waals surface area contributed by atoms with Crippen LogP contribution < -0.4 is 5.32 Å². The maximum absolute atomic E-state index is 12.4. The molecule has 1 fully saturated rings. The van der Waals surface area contributed by atoms with Crippen LogP contribution in [0.5, 0.6) is 0 Å². The molecule has 1 amide bonds. The van der Waals surface area contributed by atoms with E-state index in [9.17, 15) is 13.2 Å². The number of halogens is 1. The van der Waals surface area contributed by atoms with Crippen molar-refractivity contribution in [1.29, 1.82) is 0 Å². The van der Waals surface area contributed by atoms with E-state index in [-0.39, 0.29) is 16.7 Å². The molecule has 1 aromatic rings. The molecule has 9 heteroatoms. The Hall–Kier alpha value is -0.670. The molecule has 1 saturated heterocycles. The summed E-state index contributed by atoms with van der Waals surface area (Å²) in [5.74, 6) is -0.0104. The average molecular weight is 338 g/mol. The Morgan fingerprint density at radius 3 is 2.50 bits per heavy atom. The lowest BCUT2D eigenvalue weighted by Crippen LogP contribution is -2.51. The molecule has 0 unspecified atom stereocenters. The van der Waals surface area contributed by atoms with E-state index in [1.807, 2.05) is 0 Å². The largest absolute Gasteiger partial charge is 0.339 e. The second-order valence-electron chi connectivity index (χ2n) is 4.37. The van der Waals surface area contributed by atoms with E-state index in [1.165, 1.54) is 10.4 Å². The first-order valence-corrected chi connectivity index (χ1v) is 8.76. The lowest BCUT2D eigenvalue weighted by Gasteiger charge is -2.33. The Balaban J connectivity index is 2.02. The van der Waals surface area contributed by atoms with E-state index in [4.69, 9.17) is 11.6 Å². The maximum atomic E-state index is 12.4. The van der Waals surface area contributed by atoms with Crippen molar-refractivity contribution in [2.45, 2.75) is 4.21 Å². The number of nitrogens with zero attached hydrogens (tertiary/aromatic N) is 2. The van der Waals surface area contributed by atoms with E-state index in [0.29, 0.717) is 30.5 Å². The molecule has 6 nitrogen and oxygen atoms in total. The predicted molar refractivity (Wildman–Crippen MR) is 78.6 cm³/mol. The van der Waals surface area contributed by atoms with Crippen LogP contribution in [0.4, 0.5) is 0 Å². The third kappa shape index (κ3) is 3.32. The van der Waals surface area contributed by atoms with Gasteiger partial charge in [-0.1, -0.05) is 11.6 Å². The van der Waals surface area contributed by atoms with Gasteiger partial charge < -0.3 is 10.2 Å². The van der Waals surface area contributed by atoms with Gasteiger partial charge in [0.1, 0.15) is 4.21 Å². The molecule has 20 heavy (non-hydrogen) atoms. The second kappa shape index (κ2) is 6.40. The Kier molecular flexibility index (Phi) is 5.03. The third-order valence-electron chi connectivity index (χ3n) is 3.06. The van der Waals surface area contributed by atoms with Gasteiger partial charge in [0.05, 0.1) is 10.9 Å². The first-order chi connectivity index (χ1) is 9.45. The van der Waals surface area contributed by atoms with Crippen LogP contribution in [0.1, 0.15) is 0 Å². The van der Waals surface area contributed by atoms with Crippen molar-refractivity contribution in [2.75, 3.05) is 39.8 Å². The second-order valence-corrected chi connectivity index (χ2v) is 8.25. The van der Waals surface area contributed by atoms with Gasteiger partial charge in [-0.05, 0) is 19.2 Å². The molecule has 0 saturated carbocycles. The van der Waals surface area contributed by atoms with Gasteiger partial charge in [0, 0.05) is 26.2 Å². The zero-order valence-corrected chi connectivity index (χ0v) is 13.4. The van der Waals surface area contributed by atoms with E-state index in [1.54, 1.807) is 18.0 Å². The third-order valence-corrected chi connectivity index (χ3v) is 6.66. The molecular weight excluding hydrogens is 322 g/mol. The van der Waals surface area contributed by atoms with Gasteiger partial charge in [-0.15, -0.1) is 11.3 Å². The van der Waals surface area contributed by atoms with Gasteiger partial charge in [0.25, 0.3) is 10.0 Å². The van der Waals surface area contributed by atoms with Gasteiger partial charge in [-0.2, -0.15) is 4.31 Å². The fraction of sp³-hybridized carbons (Fsp3) is 0.545. The molecule has 1 aliphatic rings. The molecule has 0 aromatic carbocycles. The highest BCUT2D eigenvalue weighted by Crippen LogP contribution is 2.28. The van der Waals surface area contributed by atoms with Crippen LogP contribution in [0.3, 0.4) is 0 Å². The van der Waals surface area contributed by atoms with E-state index in [2.05, 4.69) is 5.32 Å². The molecule has 2 rings (SSSR count). The van der Waals surface area contributed by atoms with Crippen molar-refractivity contribution in [3.63, 3.8) is 0 Å². The first-order valence-electron chi connectivity index (χ1n) is 6.13. The molecule has 1 aliphatic heterocycles. The Morgan fingerprint density at radius 2 is 2.00 bits per heavy atom. The molecular formula is C11H16ClN3O3S2. The van der Waals surface area contributed by atoms with Crippen molar-refractivity contribution in [2.24, 2.45) is 0 Å². The maximum Gasteiger partial charge on any atom is 0.252 e. The van der Waals surface area contributed by atoms with Gasteiger partial charge >= 0.3 is 0 Å². The van der Waals surface area contributed by atoms with Gasteiger partial charge in [-0.25, -0.2) is 8.42 Å². The molecule has 0 atom stereocenters. The van der Waals surface area contributed by atoms with Crippen molar-refractivity contribution in [3.8, 4) is 0 Å². The predicted octanol–water partition coefficient (Wildman–Crippen LogP) is 0.454. The Labute approximate surface area is 127 Å². The number of hydrogen-bond donors (Lipinski definition) is 1. The lowest BCUT2D eigenvalue weighted by molar-refractivity contribution is -0.131. The average Bonchev–Trinajstić information content (AvgIpc) is 2.86. The van der Waals surface area contributed by atoms with Crippen molar-refractivity contribution in [1.82, 2.24) is 14.5 Å². The van der Waals surface area contributed by atoms with Crippen LogP contribution in [-0.2, 0) is 14.8 Å².